The maximum atomic E-state index is 10.2. The van der Waals surface area contributed by atoms with Crippen molar-refractivity contribution in [2.45, 2.75) is 18.6 Å². The van der Waals surface area contributed by atoms with E-state index in [0.29, 0.717) is 11.7 Å². The van der Waals surface area contributed by atoms with Crippen LogP contribution >= 0.6 is 11.9 Å². The van der Waals surface area contributed by atoms with Gasteiger partial charge in [0, 0.05) is 36.0 Å². The summed E-state index contributed by atoms with van der Waals surface area (Å²) in [4.78, 5) is 7.58. The summed E-state index contributed by atoms with van der Waals surface area (Å²) in [5, 5.41) is 11.3. The van der Waals surface area contributed by atoms with Gasteiger partial charge in [-0.25, -0.2) is 4.98 Å². The number of aromatic nitrogens is 2. The van der Waals surface area contributed by atoms with Gasteiger partial charge in [0.2, 0.25) is 0 Å². The minimum atomic E-state index is -0.897. The summed E-state index contributed by atoms with van der Waals surface area (Å²) in [6.45, 7) is 2.10. The molecule has 28 heavy (non-hydrogen) atoms. The predicted octanol–water partition coefficient (Wildman–Crippen LogP) is 3.92. The smallest absolute Gasteiger partial charge is 0.531 e. The van der Waals surface area contributed by atoms with E-state index in [2.05, 4.69) is 44.6 Å². The molecule has 0 bridgehead atoms. The van der Waals surface area contributed by atoms with Crippen LogP contribution in [0, 0.1) is 5.92 Å². The van der Waals surface area contributed by atoms with Gasteiger partial charge in [-0.05, 0) is 41.9 Å². The van der Waals surface area contributed by atoms with E-state index in [1.54, 1.807) is 6.20 Å². The molecule has 7 heteroatoms. The number of nitrogens with zero attached hydrogens (tertiary/aromatic N) is 2. The molecule has 1 aromatic carbocycles. The maximum absolute atomic E-state index is 10.2. The van der Waals surface area contributed by atoms with Gasteiger partial charge in [0.05, 0.1) is 6.20 Å². The van der Waals surface area contributed by atoms with Crippen LogP contribution < -0.4 is 4.65 Å². The second-order valence-corrected chi connectivity index (χ2v) is 8.39. The molecule has 0 saturated carbocycles. The Balaban J connectivity index is 1.31. The maximum Gasteiger partial charge on any atom is 0.552 e. The van der Waals surface area contributed by atoms with Crippen LogP contribution in [-0.2, 0) is 5.75 Å². The van der Waals surface area contributed by atoms with Crippen LogP contribution in [0.4, 0.5) is 0 Å². The van der Waals surface area contributed by atoms with Crippen molar-refractivity contribution < 1.29 is 9.68 Å². The van der Waals surface area contributed by atoms with Gasteiger partial charge in [-0.15, -0.1) is 0 Å². The van der Waals surface area contributed by atoms with E-state index in [4.69, 9.17) is 4.65 Å². The molecule has 0 spiro atoms. The van der Waals surface area contributed by atoms with Gasteiger partial charge < -0.3 is 14.7 Å². The predicted molar refractivity (Wildman–Crippen MR) is 115 cm³/mol. The molecule has 0 unspecified atom stereocenters. The van der Waals surface area contributed by atoms with Crippen molar-refractivity contribution in [1.82, 2.24) is 14.3 Å². The Morgan fingerprint density at radius 3 is 2.86 bits per heavy atom. The molecule has 2 aliphatic heterocycles. The van der Waals surface area contributed by atoms with E-state index in [9.17, 15) is 5.02 Å². The van der Waals surface area contributed by atoms with E-state index in [1.165, 1.54) is 11.1 Å². The van der Waals surface area contributed by atoms with Crippen molar-refractivity contribution in [3.63, 3.8) is 0 Å². The fraction of sp³-hybridized carbons (Fsp3) is 0.286. The number of rotatable bonds is 4. The molecule has 1 saturated heterocycles. The third-order valence-electron chi connectivity index (χ3n) is 5.56. The number of H-pyrrole nitrogens is 1. The number of nitrogens with one attached hydrogen (secondary N) is 1. The third kappa shape index (κ3) is 3.45. The SMILES string of the molecule is OB1C=C(C2CCN(SCc3ccccc3)CC2)c2c(cnc3[nH]ccc23)O1. The highest BCUT2D eigenvalue weighted by molar-refractivity contribution is 7.96. The van der Waals surface area contributed by atoms with Gasteiger partial charge in [-0.1, -0.05) is 42.3 Å². The minimum absolute atomic E-state index is 0.423. The largest absolute Gasteiger partial charge is 0.552 e. The first-order chi connectivity index (χ1) is 13.8. The molecule has 2 aliphatic rings. The lowest BCUT2D eigenvalue weighted by Gasteiger charge is -2.34. The van der Waals surface area contributed by atoms with Gasteiger partial charge in [0.1, 0.15) is 11.4 Å². The summed E-state index contributed by atoms with van der Waals surface area (Å²) in [6.07, 6.45) is 5.78. The van der Waals surface area contributed by atoms with E-state index >= 15 is 0 Å². The van der Waals surface area contributed by atoms with Gasteiger partial charge in [-0.3, -0.25) is 4.31 Å². The molecule has 4 heterocycles. The number of hydrogen-bond acceptors (Lipinski definition) is 5. The lowest BCUT2D eigenvalue weighted by molar-refractivity contribution is 0.334. The van der Waals surface area contributed by atoms with E-state index in [-0.39, 0.29) is 0 Å². The molecule has 142 valence electrons. The Hall–Kier alpha value is -2.22. The second kappa shape index (κ2) is 7.66. The molecule has 5 rings (SSSR count). The molecular weight excluding hydrogens is 369 g/mol. The van der Waals surface area contributed by atoms with Crippen LogP contribution in [0.1, 0.15) is 24.0 Å². The van der Waals surface area contributed by atoms with E-state index in [0.717, 1.165) is 48.3 Å². The highest BCUT2D eigenvalue weighted by Gasteiger charge is 2.32. The highest BCUT2D eigenvalue weighted by Crippen LogP contribution is 2.42. The Bertz CT molecular complexity index is 999. The zero-order chi connectivity index (χ0) is 18.9. The Morgan fingerprint density at radius 2 is 2.04 bits per heavy atom. The minimum Gasteiger partial charge on any atom is -0.531 e. The lowest BCUT2D eigenvalue weighted by Crippen LogP contribution is -2.32. The van der Waals surface area contributed by atoms with E-state index < -0.39 is 7.12 Å². The number of allylic oxidation sites excluding steroid dienone is 1. The topological polar surface area (TPSA) is 61.4 Å². The summed E-state index contributed by atoms with van der Waals surface area (Å²) in [5.74, 6) is 4.00. The fourth-order valence-electron chi connectivity index (χ4n) is 4.15. The Morgan fingerprint density at radius 1 is 1.21 bits per heavy atom. The quantitative estimate of drug-likeness (QED) is 0.522. The van der Waals surface area contributed by atoms with E-state index in [1.807, 2.05) is 30.2 Å². The third-order valence-corrected chi connectivity index (χ3v) is 6.75. The van der Waals surface area contributed by atoms with Crippen molar-refractivity contribution in [2.24, 2.45) is 5.92 Å². The van der Waals surface area contributed by atoms with Crippen molar-refractivity contribution in [1.29, 1.82) is 0 Å². The van der Waals surface area contributed by atoms with Crippen LogP contribution in [0.15, 0.2) is 54.8 Å². The molecule has 3 aromatic rings. The zero-order valence-electron chi connectivity index (χ0n) is 15.5. The summed E-state index contributed by atoms with van der Waals surface area (Å²) >= 11 is 1.91. The van der Waals surface area contributed by atoms with Crippen LogP contribution in [0.25, 0.3) is 16.6 Å². The fourth-order valence-corrected chi connectivity index (χ4v) is 5.15. The normalized spacial score (nSPS) is 18.0. The number of fused-ring (bicyclic) bond motifs is 3. The molecule has 2 aromatic heterocycles. The number of pyridine rings is 1. The summed E-state index contributed by atoms with van der Waals surface area (Å²) in [5.41, 5.74) is 4.52. The number of aromatic amines is 1. The molecule has 0 amide bonds. The molecule has 0 atom stereocenters. The lowest BCUT2D eigenvalue weighted by atomic mass is 9.74. The monoisotopic (exact) mass is 391 g/mol. The standard InChI is InChI=1S/C21H22BN3O2S/c26-22-12-18(20-17-6-9-23-21(17)24-13-19(20)27-22)16-7-10-25(11-8-16)28-14-15-4-2-1-3-5-15/h1-6,9,12-13,16,26H,7-8,10-11,14H2,(H,23,24). The molecule has 5 nitrogen and oxygen atoms in total. The average molecular weight is 391 g/mol. The van der Waals surface area contributed by atoms with Gasteiger partial charge in [0.25, 0.3) is 0 Å². The number of piperidine rings is 1. The molecule has 1 fully saturated rings. The van der Waals surface area contributed by atoms with Gasteiger partial charge >= 0.3 is 7.12 Å². The van der Waals surface area contributed by atoms with Crippen molar-refractivity contribution in [3.05, 3.63) is 65.9 Å². The first kappa shape index (κ1) is 17.9. The first-order valence-corrected chi connectivity index (χ1v) is 10.7. The Labute approximate surface area is 169 Å². The zero-order valence-corrected chi connectivity index (χ0v) is 16.4. The summed E-state index contributed by atoms with van der Waals surface area (Å²) in [6, 6.07) is 12.7. The van der Waals surface area contributed by atoms with Crippen molar-refractivity contribution >= 4 is 35.7 Å². The summed E-state index contributed by atoms with van der Waals surface area (Å²) < 4.78 is 8.10. The van der Waals surface area contributed by atoms with Crippen LogP contribution in [0.5, 0.6) is 5.75 Å². The van der Waals surface area contributed by atoms with Crippen LogP contribution in [0.2, 0.25) is 0 Å². The average Bonchev–Trinajstić information content (AvgIpc) is 3.22. The molecule has 0 aliphatic carbocycles. The van der Waals surface area contributed by atoms with Crippen molar-refractivity contribution in [3.8, 4) is 5.75 Å². The van der Waals surface area contributed by atoms with Crippen molar-refractivity contribution in [2.75, 3.05) is 13.1 Å². The first-order valence-electron chi connectivity index (χ1n) is 9.72. The summed E-state index contributed by atoms with van der Waals surface area (Å²) in [7, 11) is -0.897. The van der Waals surface area contributed by atoms with Gasteiger partial charge in [0.15, 0.2) is 0 Å². The molecular formula is C21H22BN3O2S. The van der Waals surface area contributed by atoms with Crippen LogP contribution in [-0.4, -0.2) is 39.5 Å². The van der Waals surface area contributed by atoms with Crippen LogP contribution in [0.3, 0.4) is 0 Å². The molecule has 0 radical (unpaired) electrons. The Kier molecular flexibility index (Phi) is 4.88. The highest BCUT2D eigenvalue weighted by atomic mass is 32.2. The number of hydrogen-bond donors (Lipinski definition) is 2. The number of benzene rings is 1. The second-order valence-electron chi connectivity index (χ2n) is 7.33. The molecule has 2 N–H and O–H groups in total. The van der Waals surface area contributed by atoms with Gasteiger partial charge in [-0.2, -0.15) is 0 Å².